The molecular formula is C21H15FN4O. The minimum absolute atomic E-state index is 0.0427. The van der Waals surface area contributed by atoms with E-state index in [0.29, 0.717) is 44.3 Å². The molecule has 132 valence electrons. The fraction of sp³-hybridized carbons (Fsp3) is 0.0476. The number of nitrogens with zero attached hydrogens (tertiary/aromatic N) is 3. The number of rotatable bonds is 2. The lowest BCUT2D eigenvalue weighted by molar-refractivity contribution is 0.450. The molecule has 27 heavy (non-hydrogen) atoms. The number of benzene rings is 1. The number of pyridine rings is 2. The van der Waals surface area contributed by atoms with E-state index in [4.69, 9.17) is 10.7 Å². The van der Waals surface area contributed by atoms with Crippen LogP contribution in [-0.4, -0.2) is 19.6 Å². The summed E-state index contributed by atoms with van der Waals surface area (Å²) in [5.74, 6) is -0.505. The number of allylic oxidation sites excluding steroid dienone is 4. The van der Waals surface area contributed by atoms with Gasteiger partial charge in [0, 0.05) is 34.1 Å². The molecule has 4 aromatic rings. The Balaban J connectivity index is 1.84. The average Bonchev–Trinajstić information content (AvgIpc) is 2.90. The SMILES string of the molecule is Cc1ccc(-c2cccc3c(N)c4c(O)n(C5=CC=C5)cc4nc23)c(F)n1. The number of hydrogen-bond acceptors (Lipinski definition) is 4. The molecule has 1 aliphatic rings. The van der Waals surface area contributed by atoms with Crippen molar-refractivity contribution in [3.63, 3.8) is 0 Å². The second-order valence-electron chi connectivity index (χ2n) is 6.55. The Morgan fingerprint density at radius 3 is 2.63 bits per heavy atom. The molecule has 5 nitrogen and oxygen atoms in total. The van der Waals surface area contributed by atoms with Crippen molar-refractivity contribution in [1.82, 2.24) is 14.5 Å². The van der Waals surface area contributed by atoms with Gasteiger partial charge in [-0.15, -0.1) is 0 Å². The zero-order valence-electron chi connectivity index (χ0n) is 14.4. The molecule has 3 N–H and O–H groups in total. The summed E-state index contributed by atoms with van der Waals surface area (Å²) in [5, 5.41) is 11.8. The number of para-hydroxylation sites is 1. The van der Waals surface area contributed by atoms with Crippen LogP contribution in [0.5, 0.6) is 5.88 Å². The molecule has 3 heterocycles. The highest BCUT2D eigenvalue weighted by molar-refractivity contribution is 6.12. The van der Waals surface area contributed by atoms with Gasteiger partial charge in [0.2, 0.25) is 11.8 Å². The molecule has 0 amide bonds. The summed E-state index contributed by atoms with van der Waals surface area (Å²) in [5.41, 5.74) is 10.3. The van der Waals surface area contributed by atoms with Gasteiger partial charge in [-0.3, -0.25) is 4.57 Å². The minimum Gasteiger partial charge on any atom is -0.494 e. The number of nitrogens with two attached hydrogens (primary N) is 1. The van der Waals surface area contributed by atoms with Crippen molar-refractivity contribution in [3.05, 3.63) is 66.4 Å². The largest absolute Gasteiger partial charge is 0.494 e. The number of aryl methyl sites for hydroxylation is 1. The summed E-state index contributed by atoms with van der Waals surface area (Å²) in [6, 6.07) is 8.87. The molecule has 0 bridgehead atoms. The van der Waals surface area contributed by atoms with E-state index >= 15 is 0 Å². The lowest BCUT2D eigenvalue weighted by atomic mass is 10.0. The van der Waals surface area contributed by atoms with Crippen LogP contribution in [0, 0.1) is 12.9 Å². The van der Waals surface area contributed by atoms with Crippen LogP contribution in [0.15, 0.2) is 54.8 Å². The Bertz CT molecular complexity index is 1320. The quantitative estimate of drug-likeness (QED) is 0.521. The molecule has 5 rings (SSSR count). The Morgan fingerprint density at radius 1 is 1.11 bits per heavy atom. The molecule has 0 saturated heterocycles. The van der Waals surface area contributed by atoms with Gasteiger partial charge in [0.05, 0.1) is 22.1 Å². The lowest BCUT2D eigenvalue weighted by Crippen LogP contribution is -1.96. The highest BCUT2D eigenvalue weighted by Gasteiger charge is 2.20. The zero-order chi connectivity index (χ0) is 18.7. The molecule has 0 fully saturated rings. The van der Waals surface area contributed by atoms with Crippen LogP contribution < -0.4 is 5.73 Å². The van der Waals surface area contributed by atoms with Gasteiger partial charge < -0.3 is 10.8 Å². The molecule has 0 spiro atoms. The zero-order valence-corrected chi connectivity index (χ0v) is 14.4. The summed E-state index contributed by atoms with van der Waals surface area (Å²) in [6.45, 7) is 1.74. The standard InChI is InChI=1S/C21H15FN4O/c1-11-8-9-14(20(22)24-11)13-6-3-7-15-18(23)17-16(25-19(13)15)10-26(21(17)27)12-4-2-5-12/h2-10,27H,23H2,1H3. The van der Waals surface area contributed by atoms with Crippen LogP contribution in [-0.2, 0) is 0 Å². The van der Waals surface area contributed by atoms with Crippen LogP contribution in [0.1, 0.15) is 5.69 Å². The summed E-state index contributed by atoms with van der Waals surface area (Å²) in [4.78, 5) is 8.61. The molecule has 0 aliphatic heterocycles. The van der Waals surface area contributed by atoms with Crippen molar-refractivity contribution in [3.8, 4) is 17.0 Å². The van der Waals surface area contributed by atoms with E-state index in [2.05, 4.69) is 4.98 Å². The number of nitrogen functional groups attached to an aromatic ring is 1. The fourth-order valence-corrected chi connectivity index (χ4v) is 3.45. The van der Waals surface area contributed by atoms with Crippen molar-refractivity contribution < 1.29 is 9.50 Å². The first-order valence-electron chi connectivity index (χ1n) is 8.49. The van der Waals surface area contributed by atoms with E-state index < -0.39 is 5.95 Å². The van der Waals surface area contributed by atoms with Crippen LogP contribution in [0.3, 0.4) is 0 Å². The molecule has 6 heteroatoms. The molecule has 0 radical (unpaired) electrons. The monoisotopic (exact) mass is 358 g/mol. The van der Waals surface area contributed by atoms with Crippen molar-refractivity contribution in [2.24, 2.45) is 0 Å². The third kappa shape index (κ3) is 2.16. The maximum Gasteiger partial charge on any atom is 0.221 e. The van der Waals surface area contributed by atoms with Crippen molar-refractivity contribution in [2.75, 3.05) is 5.73 Å². The second-order valence-corrected chi connectivity index (χ2v) is 6.55. The maximum atomic E-state index is 14.5. The molecule has 3 aromatic heterocycles. The van der Waals surface area contributed by atoms with Gasteiger partial charge in [-0.25, -0.2) is 9.97 Å². The highest BCUT2D eigenvalue weighted by Crippen LogP contribution is 2.40. The van der Waals surface area contributed by atoms with Gasteiger partial charge in [0.1, 0.15) is 0 Å². The van der Waals surface area contributed by atoms with Gasteiger partial charge >= 0.3 is 0 Å². The molecule has 1 aliphatic carbocycles. The Morgan fingerprint density at radius 2 is 1.93 bits per heavy atom. The lowest BCUT2D eigenvalue weighted by Gasteiger charge is -2.10. The van der Waals surface area contributed by atoms with E-state index in [1.807, 2.05) is 24.3 Å². The van der Waals surface area contributed by atoms with Crippen molar-refractivity contribution in [1.29, 1.82) is 0 Å². The maximum absolute atomic E-state index is 14.5. The highest BCUT2D eigenvalue weighted by atomic mass is 19.1. The number of anilines is 1. The predicted octanol–water partition coefficient (Wildman–Crippen LogP) is 4.40. The number of aromatic hydroxyl groups is 1. The normalized spacial score (nSPS) is 13.2. The van der Waals surface area contributed by atoms with Gasteiger partial charge in [-0.2, -0.15) is 4.39 Å². The van der Waals surface area contributed by atoms with Gasteiger partial charge in [0.15, 0.2) is 0 Å². The first-order valence-corrected chi connectivity index (χ1v) is 8.49. The summed E-state index contributed by atoms with van der Waals surface area (Å²) in [7, 11) is 0. The van der Waals surface area contributed by atoms with Gasteiger partial charge in [-0.05, 0) is 31.2 Å². The van der Waals surface area contributed by atoms with Crippen LogP contribution in [0.25, 0.3) is 38.6 Å². The first-order chi connectivity index (χ1) is 13.0. The number of halogens is 1. The topological polar surface area (TPSA) is 77.0 Å². The van der Waals surface area contributed by atoms with E-state index in [1.54, 1.807) is 42.0 Å². The van der Waals surface area contributed by atoms with Crippen molar-refractivity contribution in [2.45, 2.75) is 6.92 Å². The fourth-order valence-electron chi connectivity index (χ4n) is 3.45. The molecule has 0 saturated carbocycles. The Hall–Kier alpha value is -3.67. The van der Waals surface area contributed by atoms with Gasteiger partial charge in [-0.1, -0.05) is 24.3 Å². The minimum atomic E-state index is -0.548. The summed E-state index contributed by atoms with van der Waals surface area (Å²) in [6.07, 6.45) is 7.38. The summed E-state index contributed by atoms with van der Waals surface area (Å²) >= 11 is 0. The molecular weight excluding hydrogens is 343 g/mol. The second kappa shape index (κ2) is 5.41. The number of aromatic nitrogens is 3. The van der Waals surface area contributed by atoms with Crippen LogP contribution in [0.2, 0.25) is 0 Å². The smallest absolute Gasteiger partial charge is 0.221 e. The van der Waals surface area contributed by atoms with E-state index in [1.165, 1.54) is 0 Å². The molecule has 0 unspecified atom stereocenters. The van der Waals surface area contributed by atoms with Gasteiger partial charge in [0.25, 0.3) is 0 Å². The third-order valence-electron chi connectivity index (χ3n) is 4.88. The first kappa shape index (κ1) is 15.6. The van der Waals surface area contributed by atoms with E-state index in [9.17, 15) is 9.50 Å². The molecule has 1 aromatic carbocycles. The Kier molecular flexibility index (Phi) is 3.12. The van der Waals surface area contributed by atoms with E-state index in [-0.39, 0.29) is 5.88 Å². The summed E-state index contributed by atoms with van der Waals surface area (Å²) < 4.78 is 16.1. The number of hydrogen-bond donors (Lipinski definition) is 2. The Labute approximate surface area is 153 Å². The van der Waals surface area contributed by atoms with Crippen LogP contribution in [0.4, 0.5) is 10.1 Å². The average molecular weight is 358 g/mol. The van der Waals surface area contributed by atoms with Crippen LogP contribution >= 0.6 is 0 Å². The van der Waals surface area contributed by atoms with Crippen molar-refractivity contribution >= 4 is 33.2 Å². The van der Waals surface area contributed by atoms with E-state index in [0.717, 1.165) is 5.70 Å². The predicted molar refractivity (Wildman–Crippen MR) is 105 cm³/mol. The third-order valence-corrected chi connectivity index (χ3v) is 4.88. The molecule has 0 atom stereocenters. The number of fused-ring (bicyclic) bond motifs is 2.